The number of hydrogen-bond donors (Lipinski definition) is 0. The lowest BCUT2D eigenvalue weighted by Crippen LogP contribution is -3.00. The summed E-state index contributed by atoms with van der Waals surface area (Å²) >= 11 is 0. The van der Waals surface area contributed by atoms with Gasteiger partial charge in [0.05, 0.1) is 27.6 Å². The van der Waals surface area contributed by atoms with Crippen LogP contribution in [0.2, 0.25) is 0 Å². The van der Waals surface area contributed by atoms with E-state index in [1.807, 2.05) is 0 Å². The van der Waals surface area contributed by atoms with E-state index in [4.69, 9.17) is 4.74 Å². The summed E-state index contributed by atoms with van der Waals surface area (Å²) in [7, 11) is 6.27. The van der Waals surface area contributed by atoms with Crippen LogP contribution in [0.5, 0.6) is 0 Å². The first kappa shape index (κ1) is 10.7. The number of halogens is 1. The molecule has 0 aromatic heterocycles. The van der Waals surface area contributed by atoms with Gasteiger partial charge in [-0.3, -0.25) is 4.79 Å². The molecule has 3 nitrogen and oxygen atoms in total. The summed E-state index contributed by atoms with van der Waals surface area (Å²) in [4.78, 5) is 10.4. The molecule has 0 N–H and O–H groups in total. The maximum absolute atomic E-state index is 10.4. The largest absolute Gasteiger partial charge is 1.00 e. The predicted octanol–water partition coefficient (Wildman–Crippen LogP) is -2.99. The average Bonchev–Trinajstić information content (AvgIpc) is 1.57. The fraction of sp³-hybridized carbons (Fsp3) is 0.857. The molecule has 4 heteroatoms. The molecule has 1 saturated heterocycles. The first-order chi connectivity index (χ1) is 4.47. The number of rotatable bonds is 2. The van der Waals surface area contributed by atoms with Gasteiger partial charge in [0.2, 0.25) is 0 Å². The highest BCUT2D eigenvalue weighted by molar-refractivity contribution is 5.75. The Hall–Kier alpha value is -0.280. The Bertz CT molecular complexity index is 145. The van der Waals surface area contributed by atoms with Crippen LogP contribution in [0, 0.1) is 0 Å². The van der Waals surface area contributed by atoms with E-state index in [2.05, 4.69) is 21.1 Å². The molecule has 1 fully saturated rings. The van der Waals surface area contributed by atoms with Crippen LogP contribution in [0.4, 0.5) is 0 Å². The lowest BCUT2D eigenvalue weighted by Gasteiger charge is -2.32. The van der Waals surface area contributed by atoms with Crippen molar-refractivity contribution in [3.8, 4) is 0 Å². The number of cyclic esters (lactones) is 1. The van der Waals surface area contributed by atoms with Gasteiger partial charge >= 0.3 is 5.97 Å². The first-order valence-corrected chi connectivity index (χ1v) is 3.47. The van der Waals surface area contributed by atoms with Gasteiger partial charge in [-0.05, 0) is 0 Å². The normalized spacial score (nSPS) is 23.2. The fourth-order valence-corrected chi connectivity index (χ4v) is 1.07. The van der Waals surface area contributed by atoms with Crippen LogP contribution in [0.15, 0.2) is 0 Å². The summed E-state index contributed by atoms with van der Waals surface area (Å²) in [6.45, 7) is 0.922. The molecule has 0 unspecified atom stereocenters. The smallest absolute Gasteiger partial charge is 0.310 e. The van der Waals surface area contributed by atoms with Crippen LogP contribution in [0.25, 0.3) is 0 Å². The molecule has 0 bridgehead atoms. The Morgan fingerprint density at radius 1 is 1.55 bits per heavy atom. The molecule has 1 aliphatic heterocycles. The molecular weight excluding hydrogens is 166 g/mol. The van der Waals surface area contributed by atoms with E-state index in [1.54, 1.807) is 0 Å². The summed E-state index contributed by atoms with van der Waals surface area (Å²) in [5, 5.41) is 0. The summed E-state index contributed by atoms with van der Waals surface area (Å²) < 4.78 is 5.72. The lowest BCUT2D eigenvalue weighted by molar-refractivity contribution is -0.874. The quantitative estimate of drug-likeness (QED) is 0.334. The van der Waals surface area contributed by atoms with E-state index in [1.165, 1.54) is 0 Å². The number of ether oxygens (including phenoxy) is 1. The van der Waals surface area contributed by atoms with E-state index in [0.29, 0.717) is 6.42 Å². The molecule has 0 amide bonds. The van der Waals surface area contributed by atoms with E-state index < -0.39 is 0 Å². The molecule has 1 heterocycles. The maximum Gasteiger partial charge on any atom is 0.310 e. The Morgan fingerprint density at radius 2 is 2.00 bits per heavy atom. The SMILES string of the molecule is C[N+](C)(C)C[C@@H]1CC(=O)O1.[Cl-]. The Morgan fingerprint density at radius 3 is 2.27 bits per heavy atom. The van der Waals surface area contributed by atoms with Crippen molar-refractivity contribution in [2.24, 2.45) is 0 Å². The standard InChI is InChI=1S/C7H14NO2.ClH/c1-8(2,3)5-6-4-7(9)10-6;/h6H,4-5H2,1-3H3;1H/q+1;/p-1/t6-;/m0./s1. The highest BCUT2D eigenvalue weighted by Gasteiger charge is 2.32. The van der Waals surface area contributed by atoms with Crippen molar-refractivity contribution in [1.29, 1.82) is 0 Å². The van der Waals surface area contributed by atoms with Gasteiger partial charge in [0.15, 0.2) is 6.10 Å². The summed E-state index contributed by atoms with van der Waals surface area (Å²) in [5.41, 5.74) is 0. The monoisotopic (exact) mass is 179 g/mol. The second-order valence-electron chi connectivity index (χ2n) is 3.79. The summed E-state index contributed by atoms with van der Waals surface area (Å²) in [5.74, 6) is -0.0570. The lowest BCUT2D eigenvalue weighted by atomic mass is 10.1. The zero-order chi connectivity index (χ0) is 7.78. The Balaban J connectivity index is 0.000001000. The minimum Gasteiger partial charge on any atom is -1.00 e. The molecule has 0 radical (unpaired) electrons. The second-order valence-corrected chi connectivity index (χ2v) is 3.79. The number of nitrogens with zero attached hydrogens (tertiary/aromatic N) is 1. The first-order valence-electron chi connectivity index (χ1n) is 3.47. The van der Waals surface area contributed by atoms with Gasteiger partial charge < -0.3 is 21.6 Å². The van der Waals surface area contributed by atoms with Crippen molar-refractivity contribution in [2.45, 2.75) is 12.5 Å². The van der Waals surface area contributed by atoms with Gasteiger partial charge in [-0.15, -0.1) is 0 Å². The fourth-order valence-electron chi connectivity index (χ4n) is 1.07. The van der Waals surface area contributed by atoms with Crippen LogP contribution in [-0.2, 0) is 9.53 Å². The Kier molecular flexibility index (Phi) is 3.32. The van der Waals surface area contributed by atoms with Gasteiger partial charge in [0.1, 0.15) is 6.54 Å². The van der Waals surface area contributed by atoms with Gasteiger partial charge in [0.25, 0.3) is 0 Å². The third-order valence-corrected chi connectivity index (χ3v) is 1.44. The average molecular weight is 180 g/mol. The molecule has 66 valence electrons. The van der Waals surface area contributed by atoms with Crippen molar-refractivity contribution in [2.75, 3.05) is 27.7 Å². The molecule has 1 atom stereocenters. The molecule has 1 rings (SSSR count). The molecule has 0 spiro atoms. The highest BCUT2D eigenvalue weighted by atomic mass is 35.5. The molecule has 0 aromatic carbocycles. The number of likely N-dealkylation sites (N-methyl/N-ethyl adjacent to an activating group) is 1. The topological polar surface area (TPSA) is 26.3 Å². The van der Waals surface area contributed by atoms with Crippen LogP contribution in [0.1, 0.15) is 6.42 Å². The molecule has 11 heavy (non-hydrogen) atoms. The number of esters is 1. The number of hydrogen-bond acceptors (Lipinski definition) is 2. The summed E-state index contributed by atoms with van der Waals surface area (Å²) in [6.07, 6.45) is 0.780. The molecule has 1 aliphatic rings. The molecule has 0 saturated carbocycles. The number of carbonyl (C=O) groups excluding carboxylic acids is 1. The van der Waals surface area contributed by atoms with Crippen molar-refractivity contribution >= 4 is 5.97 Å². The van der Waals surface area contributed by atoms with E-state index in [0.717, 1.165) is 11.0 Å². The second kappa shape index (κ2) is 3.41. The third kappa shape index (κ3) is 3.58. The van der Waals surface area contributed by atoms with Crippen LogP contribution in [-0.4, -0.2) is 44.2 Å². The van der Waals surface area contributed by atoms with Gasteiger partial charge in [-0.25, -0.2) is 0 Å². The minimum atomic E-state index is -0.0570. The van der Waals surface area contributed by atoms with Crippen molar-refractivity contribution < 1.29 is 26.4 Å². The van der Waals surface area contributed by atoms with E-state index in [-0.39, 0.29) is 24.5 Å². The third-order valence-electron chi connectivity index (χ3n) is 1.44. The van der Waals surface area contributed by atoms with E-state index in [9.17, 15) is 4.79 Å². The predicted molar refractivity (Wildman–Crippen MR) is 37.4 cm³/mol. The zero-order valence-electron chi connectivity index (χ0n) is 7.13. The highest BCUT2D eigenvalue weighted by Crippen LogP contribution is 2.14. The van der Waals surface area contributed by atoms with Gasteiger partial charge in [0, 0.05) is 0 Å². The number of carbonyl (C=O) groups is 1. The van der Waals surface area contributed by atoms with Crippen molar-refractivity contribution in [3.63, 3.8) is 0 Å². The molecular formula is C7H14ClNO2. The van der Waals surface area contributed by atoms with Crippen LogP contribution >= 0.6 is 0 Å². The minimum absolute atomic E-state index is 0. The molecule has 0 aromatic rings. The van der Waals surface area contributed by atoms with E-state index >= 15 is 0 Å². The maximum atomic E-state index is 10.4. The zero-order valence-corrected chi connectivity index (χ0v) is 7.89. The molecule has 0 aliphatic carbocycles. The Labute approximate surface area is 73.3 Å². The summed E-state index contributed by atoms with van der Waals surface area (Å²) in [6, 6.07) is 0. The van der Waals surface area contributed by atoms with Crippen LogP contribution < -0.4 is 12.4 Å². The van der Waals surface area contributed by atoms with Crippen molar-refractivity contribution in [3.05, 3.63) is 0 Å². The van der Waals surface area contributed by atoms with Crippen LogP contribution in [0.3, 0.4) is 0 Å². The van der Waals surface area contributed by atoms with Crippen molar-refractivity contribution in [1.82, 2.24) is 0 Å². The number of quaternary nitrogens is 1. The van der Waals surface area contributed by atoms with Gasteiger partial charge in [-0.2, -0.15) is 0 Å². The van der Waals surface area contributed by atoms with Gasteiger partial charge in [-0.1, -0.05) is 0 Å².